The van der Waals surface area contributed by atoms with Gasteiger partial charge in [0, 0.05) is 18.3 Å². The number of amides is 1. The van der Waals surface area contributed by atoms with Crippen molar-refractivity contribution < 1.29 is 9.18 Å². The Morgan fingerprint density at radius 3 is 2.73 bits per heavy atom. The molecule has 1 amide bonds. The maximum Gasteiger partial charge on any atom is 0.270 e. The fourth-order valence-corrected chi connectivity index (χ4v) is 3.28. The van der Waals surface area contributed by atoms with Crippen LogP contribution in [0.5, 0.6) is 0 Å². The second kappa shape index (κ2) is 8.74. The molecule has 138 valence electrons. The Balaban J connectivity index is 1.58. The molecule has 3 rings (SSSR count). The van der Waals surface area contributed by atoms with Crippen molar-refractivity contribution in [2.45, 2.75) is 51.5 Å². The van der Waals surface area contributed by atoms with E-state index in [0.717, 1.165) is 18.5 Å². The lowest BCUT2D eigenvalue weighted by Gasteiger charge is -2.23. The van der Waals surface area contributed by atoms with Gasteiger partial charge in [-0.05, 0) is 43.9 Å². The summed E-state index contributed by atoms with van der Waals surface area (Å²) in [6.07, 6.45) is 6.38. The van der Waals surface area contributed by atoms with Crippen LogP contribution in [0.3, 0.4) is 0 Å². The molecular formula is C20H25FN4O. The largest absolute Gasteiger partial charge is 0.351 e. The molecule has 1 aromatic carbocycles. The van der Waals surface area contributed by atoms with Gasteiger partial charge in [0.15, 0.2) is 0 Å². The molecule has 0 bridgehead atoms. The molecule has 26 heavy (non-hydrogen) atoms. The quantitative estimate of drug-likeness (QED) is 0.829. The van der Waals surface area contributed by atoms with Crippen molar-refractivity contribution in [3.05, 3.63) is 53.1 Å². The average Bonchev–Trinajstić information content (AvgIpc) is 2.63. The molecule has 2 aromatic rings. The number of aryl methyl sites for hydroxylation is 1. The van der Waals surface area contributed by atoms with Gasteiger partial charge in [0.25, 0.3) is 5.91 Å². The standard InChI is InChI=1S/C20H25FN4O/c1-14-13-18(25-20(23-14)24-16-8-3-2-4-9-16)19(26)22-12-11-15-7-5-6-10-17(15)21/h5-7,10,13,16H,2-4,8-9,11-12H2,1H3,(H,22,26)(H,23,24,25). The number of benzene rings is 1. The number of rotatable bonds is 6. The summed E-state index contributed by atoms with van der Waals surface area (Å²) < 4.78 is 13.6. The maximum absolute atomic E-state index is 13.6. The monoisotopic (exact) mass is 356 g/mol. The van der Waals surface area contributed by atoms with Gasteiger partial charge in [0.1, 0.15) is 11.5 Å². The molecule has 1 aliphatic carbocycles. The number of nitrogens with zero attached hydrogens (tertiary/aromatic N) is 2. The second-order valence-electron chi connectivity index (χ2n) is 6.79. The highest BCUT2D eigenvalue weighted by Crippen LogP contribution is 2.20. The first-order chi connectivity index (χ1) is 12.6. The van der Waals surface area contributed by atoms with Crippen LogP contribution in [-0.2, 0) is 6.42 Å². The zero-order valence-corrected chi connectivity index (χ0v) is 15.1. The van der Waals surface area contributed by atoms with Crippen LogP contribution in [0.4, 0.5) is 10.3 Å². The Morgan fingerprint density at radius 2 is 1.96 bits per heavy atom. The van der Waals surface area contributed by atoms with Crippen LogP contribution >= 0.6 is 0 Å². The SMILES string of the molecule is Cc1cc(C(=O)NCCc2ccccc2F)nc(NC2CCCCC2)n1. The minimum Gasteiger partial charge on any atom is -0.351 e. The number of hydrogen-bond donors (Lipinski definition) is 2. The van der Waals surface area contributed by atoms with E-state index in [0.29, 0.717) is 36.2 Å². The highest BCUT2D eigenvalue weighted by atomic mass is 19.1. The molecule has 0 saturated heterocycles. The molecule has 2 N–H and O–H groups in total. The molecule has 0 atom stereocenters. The topological polar surface area (TPSA) is 66.9 Å². The summed E-state index contributed by atoms with van der Waals surface area (Å²) >= 11 is 0. The molecule has 1 aromatic heterocycles. The summed E-state index contributed by atoms with van der Waals surface area (Å²) in [6, 6.07) is 8.64. The molecule has 1 heterocycles. The predicted octanol–water partition coefficient (Wildman–Crippen LogP) is 3.64. The number of halogens is 1. The molecule has 0 radical (unpaired) electrons. The molecule has 5 nitrogen and oxygen atoms in total. The Bertz CT molecular complexity index is 759. The van der Waals surface area contributed by atoms with Crippen molar-refractivity contribution in [3.63, 3.8) is 0 Å². The molecule has 6 heteroatoms. The van der Waals surface area contributed by atoms with Gasteiger partial charge in [0.2, 0.25) is 5.95 Å². The lowest BCUT2D eigenvalue weighted by molar-refractivity contribution is 0.0949. The Morgan fingerprint density at radius 1 is 1.19 bits per heavy atom. The number of nitrogens with one attached hydrogen (secondary N) is 2. The third-order valence-electron chi connectivity index (χ3n) is 4.66. The van der Waals surface area contributed by atoms with Gasteiger partial charge in [-0.3, -0.25) is 4.79 Å². The van der Waals surface area contributed by atoms with E-state index in [1.165, 1.54) is 25.3 Å². The zero-order chi connectivity index (χ0) is 18.4. The van der Waals surface area contributed by atoms with Crippen molar-refractivity contribution >= 4 is 11.9 Å². The van der Waals surface area contributed by atoms with E-state index in [1.54, 1.807) is 24.3 Å². The highest BCUT2D eigenvalue weighted by molar-refractivity contribution is 5.92. The first-order valence-corrected chi connectivity index (χ1v) is 9.25. The van der Waals surface area contributed by atoms with E-state index in [1.807, 2.05) is 6.92 Å². The van der Waals surface area contributed by atoms with Gasteiger partial charge in [-0.15, -0.1) is 0 Å². The first kappa shape index (κ1) is 18.3. The minimum absolute atomic E-state index is 0.251. The lowest BCUT2D eigenvalue weighted by atomic mass is 9.96. The van der Waals surface area contributed by atoms with E-state index in [9.17, 15) is 9.18 Å². The summed E-state index contributed by atoms with van der Waals surface area (Å²) in [7, 11) is 0. The Hall–Kier alpha value is -2.50. The average molecular weight is 356 g/mol. The minimum atomic E-state index is -0.265. The smallest absolute Gasteiger partial charge is 0.270 e. The summed E-state index contributed by atoms with van der Waals surface area (Å²) in [4.78, 5) is 21.2. The van der Waals surface area contributed by atoms with E-state index in [2.05, 4.69) is 20.6 Å². The van der Waals surface area contributed by atoms with E-state index >= 15 is 0 Å². The summed E-state index contributed by atoms with van der Waals surface area (Å²) in [5.41, 5.74) is 1.67. The molecule has 0 spiro atoms. The van der Waals surface area contributed by atoms with E-state index in [4.69, 9.17) is 0 Å². The molecule has 1 saturated carbocycles. The molecule has 1 fully saturated rings. The van der Waals surface area contributed by atoms with Crippen LogP contribution in [0.2, 0.25) is 0 Å². The van der Waals surface area contributed by atoms with Crippen LogP contribution in [0.15, 0.2) is 30.3 Å². The second-order valence-corrected chi connectivity index (χ2v) is 6.79. The fraction of sp³-hybridized carbons (Fsp3) is 0.450. The summed E-state index contributed by atoms with van der Waals surface area (Å²) in [6.45, 7) is 2.21. The molecule has 0 unspecified atom stereocenters. The van der Waals surface area contributed by atoms with E-state index < -0.39 is 0 Å². The van der Waals surface area contributed by atoms with Crippen LogP contribution in [0, 0.1) is 12.7 Å². The Labute approximate surface area is 153 Å². The lowest BCUT2D eigenvalue weighted by Crippen LogP contribution is -2.28. The van der Waals surface area contributed by atoms with Gasteiger partial charge < -0.3 is 10.6 Å². The van der Waals surface area contributed by atoms with Crippen LogP contribution < -0.4 is 10.6 Å². The number of carbonyl (C=O) groups is 1. The summed E-state index contributed by atoms with van der Waals surface area (Å²) in [5, 5.41) is 6.16. The van der Waals surface area contributed by atoms with Crippen molar-refractivity contribution in [3.8, 4) is 0 Å². The zero-order valence-electron chi connectivity index (χ0n) is 15.1. The molecule has 1 aliphatic rings. The van der Waals surface area contributed by atoms with Crippen LogP contribution in [0.1, 0.15) is 53.8 Å². The van der Waals surface area contributed by atoms with Gasteiger partial charge in [-0.25, -0.2) is 14.4 Å². The third-order valence-corrected chi connectivity index (χ3v) is 4.66. The van der Waals surface area contributed by atoms with Crippen LogP contribution in [-0.4, -0.2) is 28.5 Å². The Kier molecular flexibility index (Phi) is 6.15. The number of carbonyl (C=O) groups excluding carboxylic acids is 1. The van der Waals surface area contributed by atoms with Gasteiger partial charge in [0.05, 0.1) is 0 Å². The highest BCUT2D eigenvalue weighted by Gasteiger charge is 2.16. The van der Waals surface area contributed by atoms with Crippen molar-refractivity contribution in [2.75, 3.05) is 11.9 Å². The van der Waals surface area contributed by atoms with Crippen LogP contribution in [0.25, 0.3) is 0 Å². The summed E-state index contributed by atoms with van der Waals surface area (Å²) in [5.74, 6) is -0.00622. The van der Waals surface area contributed by atoms with Crippen molar-refractivity contribution in [1.29, 1.82) is 0 Å². The number of aromatic nitrogens is 2. The normalized spacial score (nSPS) is 14.8. The van der Waals surface area contributed by atoms with E-state index in [-0.39, 0.29) is 11.7 Å². The number of hydrogen-bond acceptors (Lipinski definition) is 4. The third kappa shape index (κ3) is 5.00. The predicted molar refractivity (Wildman–Crippen MR) is 99.7 cm³/mol. The van der Waals surface area contributed by atoms with Crippen molar-refractivity contribution in [1.82, 2.24) is 15.3 Å². The van der Waals surface area contributed by atoms with Gasteiger partial charge >= 0.3 is 0 Å². The maximum atomic E-state index is 13.6. The van der Waals surface area contributed by atoms with Gasteiger partial charge in [-0.2, -0.15) is 0 Å². The van der Waals surface area contributed by atoms with Gasteiger partial charge in [-0.1, -0.05) is 37.5 Å². The number of anilines is 1. The first-order valence-electron chi connectivity index (χ1n) is 9.25. The fourth-order valence-electron chi connectivity index (χ4n) is 3.28. The molecular weight excluding hydrogens is 331 g/mol. The van der Waals surface area contributed by atoms with Crippen molar-refractivity contribution in [2.24, 2.45) is 0 Å². The molecule has 0 aliphatic heterocycles.